The van der Waals surface area contributed by atoms with Gasteiger partial charge in [-0.1, -0.05) is 43.3 Å². The highest BCUT2D eigenvalue weighted by molar-refractivity contribution is 6.05. The fraction of sp³-hybridized carbons (Fsp3) is 0.310. The monoisotopic (exact) mass is 487 g/mol. The van der Waals surface area contributed by atoms with Crippen molar-refractivity contribution < 1.29 is 19.4 Å². The van der Waals surface area contributed by atoms with Gasteiger partial charge in [0.05, 0.1) is 11.3 Å². The largest absolute Gasteiger partial charge is 0.479 e. The summed E-state index contributed by atoms with van der Waals surface area (Å²) < 4.78 is 5.59. The van der Waals surface area contributed by atoms with Crippen molar-refractivity contribution in [1.82, 2.24) is 4.90 Å². The Kier molecular flexibility index (Phi) is 7.43. The number of hydrogen-bond acceptors (Lipinski definition) is 5. The van der Waals surface area contributed by atoms with Gasteiger partial charge in [0.25, 0.3) is 11.8 Å². The van der Waals surface area contributed by atoms with Crippen LogP contribution in [0.25, 0.3) is 11.1 Å². The molecule has 4 rings (SSSR count). The molecule has 0 aliphatic carbocycles. The molecule has 0 bridgehead atoms. The number of hydrogen-bond donors (Lipinski definition) is 3. The molecular weight excluding hydrogens is 454 g/mol. The molecule has 188 valence electrons. The third-order valence-electron chi connectivity index (χ3n) is 6.07. The van der Waals surface area contributed by atoms with Crippen LogP contribution in [-0.4, -0.2) is 46.6 Å². The second-order valence-electron chi connectivity index (χ2n) is 9.77. The van der Waals surface area contributed by atoms with E-state index in [4.69, 9.17) is 4.74 Å². The number of likely N-dealkylation sites (N-methyl/N-ethyl adjacent to an activating group) is 1. The molecule has 1 aliphatic rings. The molecule has 3 N–H and O–H groups in total. The van der Waals surface area contributed by atoms with E-state index >= 15 is 0 Å². The molecule has 1 heterocycles. The first kappa shape index (κ1) is 25.4. The first-order valence-corrected chi connectivity index (χ1v) is 12.2. The van der Waals surface area contributed by atoms with Crippen molar-refractivity contribution in [1.29, 1.82) is 0 Å². The highest BCUT2D eigenvalue weighted by atomic mass is 16.5. The van der Waals surface area contributed by atoms with Gasteiger partial charge in [0.2, 0.25) is 0 Å². The second kappa shape index (κ2) is 10.5. The standard InChI is InChI=1S/C29H33N3O4/c1-5-32(18-29(3,4)35)17-22-15-21(11-13-24(22)20-9-7-6-8-10-20)28(34)30-23-12-14-26-25(16-23)31-27(33)19(2)36-26/h6-16,19,35H,5,17-18H2,1-4H3,(H,30,34)(H,31,33). The Morgan fingerprint density at radius 2 is 1.86 bits per heavy atom. The molecule has 7 nitrogen and oxygen atoms in total. The number of benzene rings is 3. The van der Waals surface area contributed by atoms with E-state index in [1.807, 2.05) is 36.4 Å². The highest BCUT2D eigenvalue weighted by Crippen LogP contribution is 2.32. The Morgan fingerprint density at radius 3 is 2.56 bits per heavy atom. The van der Waals surface area contributed by atoms with Crippen LogP contribution in [0.3, 0.4) is 0 Å². The summed E-state index contributed by atoms with van der Waals surface area (Å²) >= 11 is 0. The molecule has 7 heteroatoms. The summed E-state index contributed by atoms with van der Waals surface area (Å²) in [5.74, 6) is 0.0949. The average Bonchev–Trinajstić information content (AvgIpc) is 2.84. The van der Waals surface area contributed by atoms with Gasteiger partial charge in [0.1, 0.15) is 5.75 Å². The van der Waals surface area contributed by atoms with Crippen molar-refractivity contribution in [2.45, 2.75) is 45.9 Å². The van der Waals surface area contributed by atoms with Crippen molar-refractivity contribution in [3.63, 3.8) is 0 Å². The molecule has 1 atom stereocenters. The number of nitrogens with zero attached hydrogens (tertiary/aromatic N) is 1. The molecule has 1 aliphatic heterocycles. The molecule has 0 aromatic heterocycles. The lowest BCUT2D eigenvalue weighted by Crippen LogP contribution is -2.38. The first-order valence-electron chi connectivity index (χ1n) is 12.2. The molecule has 0 saturated carbocycles. The normalized spacial score (nSPS) is 15.2. The summed E-state index contributed by atoms with van der Waals surface area (Å²) in [6, 6.07) is 20.9. The second-order valence-corrected chi connectivity index (χ2v) is 9.77. The number of aliphatic hydroxyl groups is 1. The van der Waals surface area contributed by atoms with Crippen LogP contribution in [0.5, 0.6) is 5.75 Å². The molecule has 0 spiro atoms. The summed E-state index contributed by atoms with van der Waals surface area (Å²) in [4.78, 5) is 27.3. The van der Waals surface area contributed by atoms with E-state index in [0.29, 0.717) is 35.8 Å². The van der Waals surface area contributed by atoms with Crippen LogP contribution in [0.4, 0.5) is 11.4 Å². The van der Waals surface area contributed by atoms with Crippen LogP contribution < -0.4 is 15.4 Å². The number of amides is 2. The topological polar surface area (TPSA) is 90.9 Å². The molecule has 0 fully saturated rings. The van der Waals surface area contributed by atoms with Gasteiger partial charge in [0, 0.05) is 24.3 Å². The van der Waals surface area contributed by atoms with Crippen molar-refractivity contribution in [2.24, 2.45) is 0 Å². The van der Waals surface area contributed by atoms with Crippen LogP contribution in [0.15, 0.2) is 66.7 Å². The van der Waals surface area contributed by atoms with Crippen molar-refractivity contribution >= 4 is 23.2 Å². The SMILES string of the molecule is CCN(Cc1cc(C(=O)Nc2ccc3c(c2)NC(=O)C(C)O3)ccc1-c1ccccc1)CC(C)(C)O. The van der Waals surface area contributed by atoms with Crippen LogP contribution in [0.1, 0.15) is 43.6 Å². The molecule has 0 radical (unpaired) electrons. The van der Waals surface area contributed by atoms with Gasteiger partial charge in [-0.05, 0) is 74.3 Å². The van der Waals surface area contributed by atoms with E-state index in [2.05, 4.69) is 34.6 Å². The Bertz CT molecular complexity index is 1250. The zero-order valence-electron chi connectivity index (χ0n) is 21.2. The van der Waals surface area contributed by atoms with Crippen molar-refractivity contribution in [3.8, 4) is 16.9 Å². The van der Waals surface area contributed by atoms with E-state index in [0.717, 1.165) is 23.2 Å². The number of carbonyl (C=O) groups excluding carboxylic acids is 2. The van der Waals surface area contributed by atoms with Gasteiger partial charge in [-0.3, -0.25) is 14.5 Å². The molecular formula is C29H33N3O4. The smallest absolute Gasteiger partial charge is 0.265 e. The predicted molar refractivity (Wildman–Crippen MR) is 142 cm³/mol. The lowest BCUT2D eigenvalue weighted by Gasteiger charge is -2.29. The summed E-state index contributed by atoms with van der Waals surface area (Å²) in [5.41, 5.74) is 3.89. The number of anilines is 2. The third-order valence-corrected chi connectivity index (χ3v) is 6.07. The third kappa shape index (κ3) is 6.11. The Morgan fingerprint density at radius 1 is 1.11 bits per heavy atom. The first-order chi connectivity index (χ1) is 17.1. The molecule has 2 amide bonds. The Hall–Kier alpha value is -3.68. The zero-order valence-corrected chi connectivity index (χ0v) is 21.2. The van der Waals surface area contributed by atoms with Crippen LogP contribution in [0.2, 0.25) is 0 Å². The minimum absolute atomic E-state index is 0.223. The molecule has 1 unspecified atom stereocenters. The van der Waals surface area contributed by atoms with Crippen LogP contribution in [0, 0.1) is 0 Å². The van der Waals surface area contributed by atoms with E-state index < -0.39 is 11.7 Å². The fourth-order valence-electron chi connectivity index (χ4n) is 4.32. The lowest BCUT2D eigenvalue weighted by molar-refractivity contribution is -0.122. The van der Waals surface area contributed by atoms with Gasteiger partial charge in [-0.15, -0.1) is 0 Å². The maximum absolute atomic E-state index is 13.2. The van der Waals surface area contributed by atoms with Gasteiger partial charge in [0.15, 0.2) is 6.10 Å². The minimum Gasteiger partial charge on any atom is -0.479 e. The van der Waals surface area contributed by atoms with Gasteiger partial charge in [-0.2, -0.15) is 0 Å². The van der Waals surface area contributed by atoms with E-state index in [1.54, 1.807) is 39.0 Å². The van der Waals surface area contributed by atoms with Crippen LogP contribution in [-0.2, 0) is 11.3 Å². The van der Waals surface area contributed by atoms with Crippen LogP contribution >= 0.6 is 0 Å². The number of ether oxygens (including phenoxy) is 1. The quantitative estimate of drug-likeness (QED) is 0.420. The zero-order chi connectivity index (χ0) is 25.9. The number of carbonyl (C=O) groups is 2. The van der Waals surface area contributed by atoms with E-state index in [9.17, 15) is 14.7 Å². The van der Waals surface area contributed by atoms with Gasteiger partial charge < -0.3 is 20.5 Å². The molecule has 0 saturated heterocycles. The number of nitrogens with one attached hydrogen (secondary N) is 2. The van der Waals surface area contributed by atoms with Crippen molar-refractivity contribution in [2.75, 3.05) is 23.7 Å². The maximum atomic E-state index is 13.2. The molecule has 3 aromatic carbocycles. The predicted octanol–water partition coefficient (Wildman–Crippen LogP) is 4.92. The summed E-state index contributed by atoms with van der Waals surface area (Å²) in [5, 5.41) is 16.1. The lowest BCUT2D eigenvalue weighted by atomic mass is 9.96. The Balaban J connectivity index is 1.61. The summed E-state index contributed by atoms with van der Waals surface area (Å²) in [7, 11) is 0. The van der Waals surface area contributed by atoms with E-state index in [-0.39, 0.29) is 11.8 Å². The van der Waals surface area contributed by atoms with Crippen molar-refractivity contribution in [3.05, 3.63) is 77.9 Å². The minimum atomic E-state index is -0.832. The average molecular weight is 488 g/mol. The molecule has 36 heavy (non-hydrogen) atoms. The van der Waals surface area contributed by atoms with Gasteiger partial charge >= 0.3 is 0 Å². The number of rotatable bonds is 8. The maximum Gasteiger partial charge on any atom is 0.265 e. The number of fused-ring (bicyclic) bond motifs is 1. The summed E-state index contributed by atoms with van der Waals surface area (Å²) in [6.45, 7) is 9.20. The highest BCUT2D eigenvalue weighted by Gasteiger charge is 2.24. The van der Waals surface area contributed by atoms with E-state index in [1.165, 1.54) is 0 Å². The van der Waals surface area contributed by atoms with Gasteiger partial charge in [-0.25, -0.2) is 0 Å². The summed E-state index contributed by atoms with van der Waals surface area (Å²) in [6.07, 6.45) is -0.557. The molecule has 3 aromatic rings. The Labute approximate surface area is 212 Å². The fourth-order valence-corrected chi connectivity index (χ4v) is 4.32.